The molecular formula is C18H20ClNOS. The highest BCUT2D eigenvalue weighted by molar-refractivity contribution is 7.84. The molecule has 0 spiro atoms. The largest absolute Gasteiger partial charge is 0.341 e. The zero-order valence-corrected chi connectivity index (χ0v) is 14.3. The number of fused-ring (bicyclic) bond motifs is 2. The number of halogens is 1. The van der Waals surface area contributed by atoms with E-state index in [0.29, 0.717) is 5.88 Å². The smallest absolute Gasteiger partial charge is 0.0498 e. The SMILES string of the molecule is CS(=O)c1ccc2c(c1)N(CCCCl)c1ccccc1CC2. The molecule has 1 aliphatic heterocycles. The summed E-state index contributed by atoms with van der Waals surface area (Å²) < 4.78 is 11.9. The molecule has 0 fully saturated rings. The van der Waals surface area contributed by atoms with Crippen LogP contribution in [-0.4, -0.2) is 22.9 Å². The van der Waals surface area contributed by atoms with Crippen molar-refractivity contribution in [1.29, 1.82) is 0 Å². The molecular weight excluding hydrogens is 314 g/mol. The minimum atomic E-state index is -0.964. The number of rotatable bonds is 4. The van der Waals surface area contributed by atoms with Crippen LogP contribution < -0.4 is 4.90 Å². The lowest BCUT2D eigenvalue weighted by Crippen LogP contribution is -2.20. The molecule has 1 heterocycles. The molecule has 2 aromatic carbocycles. The minimum absolute atomic E-state index is 0.646. The van der Waals surface area contributed by atoms with Crippen molar-refractivity contribution in [2.75, 3.05) is 23.6 Å². The number of anilines is 2. The molecule has 0 amide bonds. The first-order valence-corrected chi connectivity index (χ1v) is 9.67. The maximum absolute atomic E-state index is 11.9. The number of nitrogens with zero attached hydrogens (tertiary/aromatic N) is 1. The van der Waals surface area contributed by atoms with Gasteiger partial charge in [-0.3, -0.25) is 4.21 Å². The second kappa shape index (κ2) is 6.84. The summed E-state index contributed by atoms with van der Waals surface area (Å²) in [6, 6.07) is 14.8. The highest BCUT2D eigenvalue weighted by Crippen LogP contribution is 2.37. The molecule has 1 aliphatic rings. The molecule has 0 aromatic heterocycles. The highest BCUT2D eigenvalue weighted by Gasteiger charge is 2.20. The maximum atomic E-state index is 11.9. The summed E-state index contributed by atoms with van der Waals surface area (Å²) in [6.45, 7) is 0.882. The third-order valence-electron chi connectivity index (χ3n) is 4.14. The standard InChI is InChI=1S/C18H20ClNOS/c1-22(21)16-10-9-15-8-7-14-5-2-3-6-17(14)20(12-4-11-19)18(15)13-16/h2-3,5-6,9-10,13H,4,7-8,11-12H2,1H3. The van der Waals surface area contributed by atoms with Gasteiger partial charge in [0, 0.05) is 45.8 Å². The Balaban J connectivity index is 2.12. The zero-order valence-electron chi connectivity index (χ0n) is 12.7. The van der Waals surface area contributed by atoms with Crippen LogP contribution in [0.1, 0.15) is 17.5 Å². The predicted molar refractivity (Wildman–Crippen MR) is 95.0 cm³/mol. The van der Waals surface area contributed by atoms with Crippen molar-refractivity contribution in [1.82, 2.24) is 0 Å². The Bertz CT molecular complexity index is 701. The van der Waals surface area contributed by atoms with Crippen LogP contribution in [-0.2, 0) is 23.6 Å². The first kappa shape index (κ1) is 15.6. The van der Waals surface area contributed by atoms with E-state index in [9.17, 15) is 4.21 Å². The van der Waals surface area contributed by atoms with Gasteiger partial charge in [-0.2, -0.15) is 0 Å². The van der Waals surface area contributed by atoms with E-state index >= 15 is 0 Å². The number of aryl methyl sites for hydroxylation is 2. The van der Waals surface area contributed by atoms with E-state index in [0.717, 1.165) is 30.7 Å². The van der Waals surface area contributed by atoms with E-state index in [2.05, 4.69) is 41.3 Å². The third-order valence-corrected chi connectivity index (χ3v) is 5.33. The molecule has 1 unspecified atom stereocenters. The fourth-order valence-electron chi connectivity index (χ4n) is 3.03. The zero-order chi connectivity index (χ0) is 15.5. The Morgan fingerprint density at radius 3 is 2.55 bits per heavy atom. The lowest BCUT2D eigenvalue weighted by Gasteiger charge is -2.27. The second-order valence-electron chi connectivity index (χ2n) is 5.57. The Morgan fingerprint density at radius 1 is 1.09 bits per heavy atom. The fourth-order valence-corrected chi connectivity index (χ4v) is 3.69. The average Bonchev–Trinajstić information content (AvgIpc) is 2.69. The van der Waals surface area contributed by atoms with E-state index in [-0.39, 0.29) is 0 Å². The van der Waals surface area contributed by atoms with Crippen LogP contribution in [0.5, 0.6) is 0 Å². The van der Waals surface area contributed by atoms with Crippen molar-refractivity contribution in [2.45, 2.75) is 24.2 Å². The molecule has 0 saturated heterocycles. The second-order valence-corrected chi connectivity index (χ2v) is 7.33. The molecule has 0 saturated carbocycles. The van der Waals surface area contributed by atoms with Crippen molar-refractivity contribution in [3.05, 3.63) is 53.6 Å². The van der Waals surface area contributed by atoms with Crippen molar-refractivity contribution >= 4 is 33.8 Å². The third kappa shape index (κ3) is 3.06. The Labute approximate surface area is 139 Å². The molecule has 0 N–H and O–H groups in total. The first-order valence-electron chi connectivity index (χ1n) is 7.58. The van der Waals surface area contributed by atoms with Crippen molar-refractivity contribution in [3.8, 4) is 0 Å². The monoisotopic (exact) mass is 333 g/mol. The van der Waals surface area contributed by atoms with Gasteiger partial charge in [0.1, 0.15) is 0 Å². The Kier molecular flexibility index (Phi) is 4.84. The van der Waals surface area contributed by atoms with Crippen LogP contribution in [0.4, 0.5) is 11.4 Å². The summed E-state index contributed by atoms with van der Waals surface area (Å²) >= 11 is 5.92. The van der Waals surface area contributed by atoms with Crippen molar-refractivity contribution in [2.24, 2.45) is 0 Å². The molecule has 2 nitrogen and oxygen atoms in total. The van der Waals surface area contributed by atoms with E-state index in [1.165, 1.54) is 22.5 Å². The van der Waals surface area contributed by atoms with Gasteiger partial charge in [0.2, 0.25) is 0 Å². The number of benzene rings is 2. The molecule has 0 bridgehead atoms. The molecule has 4 heteroatoms. The molecule has 1 atom stereocenters. The van der Waals surface area contributed by atoms with Gasteiger partial charge in [0.25, 0.3) is 0 Å². The number of hydrogen-bond donors (Lipinski definition) is 0. The van der Waals surface area contributed by atoms with Crippen LogP contribution in [0.15, 0.2) is 47.4 Å². The van der Waals surface area contributed by atoms with Crippen molar-refractivity contribution < 1.29 is 4.21 Å². The van der Waals surface area contributed by atoms with Gasteiger partial charge in [0.15, 0.2) is 0 Å². The molecule has 0 aliphatic carbocycles. The van der Waals surface area contributed by atoms with Crippen LogP contribution in [0.2, 0.25) is 0 Å². The van der Waals surface area contributed by atoms with Gasteiger partial charge in [-0.15, -0.1) is 11.6 Å². The van der Waals surface area contributed by atoms with E-state index in [1.54, 1.807) is 6.26 Å². The van der Waals surface area contributed by atoms with E-state index in [4.69, 9.17) is 11.6 Å². The normalized spacial score (nSPS) is 14.9. The van der Waals surface area contributed by atoms with Gasteiger partial charge in [-0.05, 0) is 48.6 Å². The minimum Gasteiger partial charge on any atom is -0.341 e. The molecule has 116 valence electrons. The van der Waals surface area contributed by atoms with Gasteiger partial charge in [-0.25, -0.2) is 0 Å². The van der Waals surface area contributed by atoms with Crippen LogP contribution in [0, 0.1) is 0 Å². The van der Waals surface area contributed by atoms with E-state index in [1.807, 2.05) is 6.07 Å². The summed E-state index contributed by atoms with van der Waals surface area (Å²) in [7, 11) is -0.964. The number of para-hydroxylation sites is 1. The van der Waals surface area contributed by atoms with Crippen LogP contribution in [0.3, 0.4) is 0 Å². The molecule has 2 aromatic rings. The predicted octanol–water partition coefficient (Wildman–Crippen LogP) is 4.29. The maximum Gasteiger partial charge on any atom is 0.0498 e. The van der Waals surface area contributed by atoms with Crippen molar-refractivity contribution in [3.63, 3.8) is 0 Å². The molecule has 0 radical (unpaired) electrons. The topological polar surface area (TPSA) is 20.3 Å². The van der Waals surface area contributed by atoms with E-state index < -0.39 is 10.8 Å². The number of hydrogen-bond acceptors (Lipinski definition) is 2. The summed E-state index contributed by atoms with van der Waals surface area (Å²) in [6.07, 6.45) is 4.71. The quantitative estimate of drug-likeness (QED) is 0.778. The summed E-state index contributed by atoms with van der Waals surface area (Å²) in [5.74, 6) is 0.646. The fraction of sp³-hybridized carbons (Fsp3) is 0.333. The lowest BCUT2D eigenvalue weighted by atomic mass is 10.0. The Morgan fingerprint density at radius 2 is 1.82 bits per heavy atom. The number of alkyl halides is 1. The lowest BCUT2D eigenvalue weighted by molar-refractivity contribution is 0.686. The van der Waals surface area contributed by atoms with Gasteiger partial charge < -0.3 is 4.90 Å². The van der Waals surface area contributed by atoms with Crippen LogP contribution in [0.25, 0.3) is 0 Å². The van der Waals surface area contributed by atoms with Gasteiger partial charge in [0.05, 0.1) is 0 Å². The Hall–Kier alpha value is -1.32. The summed E-state index contributed by atoms with van der Waals surface area (Å²) in [4.78, 5) is 3.23. The average molecular weight is 334 g/mol. The highest BCUT2D eigenvalue weighted by atomic mass is 35.5. The molecule has 22 heavy (non-hydrogen) atoms. The summed E-state index contributed by atoms with van der Waals surface area (Å²) in [5, 5.41) is 0. The molecule has 3 rings (SSSR count). The first-order chi connectivity index (χ1) is 10.7. The summed E-state index contributed by atoms with van der Waals surface area (Å²) in [5.41, 5.74) is 5.13. The van der Waals surface area contributed by atoms with Crippen LogP contribution >= 0.6 is 11.6 Å². The van der Waals surface area contributed by atoms with Gasteiger partial charge >= 0.3 is 0 Å². The van der Waals surface area contributed by atoms with Gasteiger partial charge in [-0.1, -0.05) is 24.3 Å².